The molecule has 0 aliphatic carbocycles. The number of halogens is 2. The van der Waals surface area contributed by atoms with E-state index < -0.39 is 11.6 Å². The van der Waals surface area contributed by atoms with E-state index >= 15 is 0 Å². The first kappa shape index (κ1) is 15.0. The lowest BCUT2D eigenvalue weighted by Crippen LogP contribution is -2.25. The van der Waals surface area contributed by atoms with Gasteiger partial charge < -0.3 is 11.1 Å². The lowest BCUT2D eigenvalue weighted by molar-refractivity contribution is 0.0954. The van der Waals surface area contributed by atoms with E-state index in [0.717, 1.165) is 11.6 Å². The fourth-order valence-corrected chi connectivity index (χ4v) is 1.99. The van der Waals surface area contributed by atoms with Crippen molar-refractivity contribution in [1.29, 1.82) is 0 Å². The SMILES string of the molecule is Cc1cc(C(=O)NCCc2cc(F)cc(F)c2)ccc1N. The molecule has 0 atom stereocenters. The van der Waals surface area contributed by atoms with Crippen LogP contribution in [-0.2, 0) is 6.42 Å². The maximum atomic E-state index is 13.0. The molecule has 2 aromatic carbocycles. The lowest BCUT2D eigenvalue weighted by atomic mass is 10.1. The van der Waals surface area contributed by atoms with Gasteiger partial charge >= 0.3 is 0 Å². The summed E-state index contributed by atoms with van der Waals surface area (Å²) in [6.45, 7) is 2.12. The minimum Gasteiger partial charge on any atom is -0.399 e. The Hall–Kier alpha value is -2.43. The predicted molar refractivity (Wildman–Crippen MR) is 78.0 cm³/mol. The summed E-state index contributed by atoms with van der Waals surface area (Å²) in [4.78, 5) is 11.9. The van der Waals surface area contributed by atoms with Gasteiger partial charge in [-0.05, 0) is 54.8 Å². The zero-order valence-electron chi connectivity index (χ0n) is 11.6. The van der Waals surface area contributed by atoms with Gasteiger partial charge in [-0.1, -0.05) is 0 Å². The van der Waals surface area contributed by atoms with Crippen molar-refractivity contribution in [1.82, 2.24) is 5.32 Å². The van der Waals surface area contributed by atoms with Gasteiger partial charge in [0, 0.05) is 23.9 Å². The minimum absolute atomic E-state index is 0.241. The molecule has 110 valence electrons. The Morgan fingerprint density at radius 1 is 1.14 bits per heavy atom. The average Bonchev–Trinajstić information content (AvgIpc) is 2.40. The standard InChI is InChI=1S/C16H16F2N2O/c1-10-6-12(2-3-15(10)19)16(21)20-5-4-11-7-13(17)9-14(18)8-11/h2-3,6-9H,4-5,19H2,1H3,(H,20,21). The zero-order chi connectivity index (χ0) is 15.4. The second-order valence-corrected chi connectivity index (χ2v) is 4.85. The van der Waals surface area contributed by atoms with Gasteiger partial charge in [-0.15, -0.1) is 0 Å². The van der Waals surface area contributed by atoms with Crippen molar-refractivity contribution in [2.75, 3.05) is 12.3 Å². The third-order valence-electron chi connectivity index (χ3n) is 3.15. The van der Waals surface area contributed by atoms with Crippen LogP contribution in [0.5, 0.6) is 0 Å². The van der Waals surface area contributed by atoms with Crippen molar-refractivity contribution < 1.29 is 13.6 Å². The number of nitrogen functional groups attached to an aromatic ring is 1. The summed E-state index contributed by atoms with van der Waals surface area (Å²) in [7, 11) is 0. The molecule has 0 aliphatic rings. The van der Waals surface area contributed by atoms with Crippen molar-refractivity contribution >= 4 is 11.6 Å². The van der Waals surface area contributed by atoms with Gasteiger partial charge in [-0.3, -0.25) is 4.79 Å². The van der Waals surface area contributed by atoms with Crippen LogP contribution in [0.3, 0.4) is 0 Å². The fraction of sp³-hybridized carbons (Fsp3) is 0.188. The Morgan fingerprint density at radius 3 is 2.43 bits per heavy atom. The van der Waals surface area contributed by atoms with Gasteiger partial charge in [-0.25, -0.2) is 8.78 Å². The number of carbonyl (C=O) groups excluding carboxylic acids is 1. The van der Waals surface area contributed by atoms with E-state index in [4.69, 9.17) is 5.73 Å². The molecule has 0 bridgehead atoms. The first-order valence-electron chi connectivity index (χ1n) is 6.55. The monoisotopic (exact) mass is 290 g/mol. The molecule has 0 fully saturated rings. The molecule has 5 heteroatoms. The molecule has 0 aliphatic heterocycles. The summed E-state index contributed by atoms with van der Waals surface area (Å²) in [6, 6.07) is 8.34. The number of nitrogens with two attached hydrogens (primary N) is 1. The highest BCUT2D eigenvalue weighted by Gasteiger charge is 2.07. The molecule has 0 radical (unpaired) electrons. The van der Waals surface area contributed by atoms with E-state index in [9.17, 15) is 13.6 Å². The summed E-state index contributed by atoms with van der Waals surface area (Å²) in [6.07, 6.45) is 0.356. The second kappa shape index (κ2) is 6.35. The van der Waals surface area contributed by atoms with Crippen LogP contribution < -0.4 is 11.1 Å². The Kier molecular flexibility index (Phi) is 4.52. The van der Waals surface area contributed by atoms with Gasteiger partial charge in [0.25, 0.3) is 5.91 Å². The third kappa shape index (κ3) is 4.02. The molecule has 3 nitrogen and oxygen atoms in total. The van der Waals surface area contributed by atoms with Crippen molar-refractivity contribution in [3.05, 3.63) is 64.7 Å². The van der Waals surface area contributed by atoms with E-state index in [1.165, 1.54) is 12.1 Å². The fourth-order valence-electron chi connectivity index (χ4n) is 1.99. The number of amides is 1. The number of hydrogen-bond acceptors (Lipinski definition) is 2. The Balaban J connectivity index is 1.93. The lowest BCUT2D eigenvalue weighted by Gasteiger charge is -2.07. The topological polar surface area (TPSA) is 55.1 Å². The van der Waals surface area contributed by atoms with E-state index in [1.54, 1.807) is 18.2 Å². The van der Waals surface area contributed by atoms with Crippen molar-refractivity contribution in [3.63, 3.8) is 0 Å². The van der Waals surface area contributed by atoms with E-state index in [0.29, 0.717) is 29.8 Å². The molecule has 21 heavy (non-hydrogen) atoms. The number of benzene rings is 2. The van der Waals surface area contributed by atoms with Crippen LogP contribution in [0.2, 0.25) is 0 Å². The molecule has 0 saturated carbocycles. The van der Waals surface area contributed by atoms with Crippen LogP contribution in [0.15, 0.2) is 36.4 Å². The number of carbonyl (C=O) groups is 1. The first-order chi connectivity index (χ1) is 9.95. The van der Waals surface area contributed by atoms with E-state index in [1.807, 2.05) is 6.92 Å². The van der Waals surface area contributed by atoms with Crippen LogP contribution in [0.25, 0.3) is 0 Å². The maximum absolute atomic E-state index is 13.0. The van der Waals surface area contributed by atoms with Gasteiger partial charge in [-0.2, -0.15) is 0 Å². The Morgan fingerprint density at radius 2 is 1.81 bits per heavy atom. The van der Waals surface area contributed by atoms with Crippen LogP contribution >= 0.6 is 0 Å². The summed E-state index contributed by atoms with van der Waals surface area (Å²) >= 11 is 0. The summed E-state index contributed by atoms with van der Waals surface area (Å²) in [5.41, 5.74) is 8.15. The van der Waals surface area contributed by atoms with Gasteiger partial charge in [0.1, 0.15) is 11.6 Å². The van der Waals surface area contributed by atoms with Crippen LogP contribution in [-0.4, -0.2) is 12.5 Å². The summed E-state index contributed by atoms with van der Waals surface area (Å²) in [5.74, 6) is -1.48. The highest BCUT2D eigenvalue weighted by molar-refractivity contribution is 5.94. The Bertz CT molecular complexity index is 651. The molecule has 2 aromatic rings. The molecule has 0 saturated heterocycles. The predicted octanol–water partition coefficient (Wildman–Crippen LogP) is 2.83. The largest absolute Gasteiger partial charge is 0.399 e. The molecular weight excluding hydrogens is 274 g/mol. The second-order valence-electron chi connectivity index (χ2n) is 4.85. The van der Waals surface area contributed by atoms with Gasteiger partial charge in [0.05, 0.1) is 0 Å². The van der Waals surface area contributed by atoms with E-state index in [2.05, 4.69) is 5.32 Å². The summed E-state index contributed by atoms with van der Waals surface area (Å²) in [5, 5.41) is 2.71. The minimum atomic E-state index is -0.620. The quantitative estimate of drug-likeness (QED) is 0.851. The summed E-state index contributed by atoms with van der Waals surface area (Å²) < 4.78 is 26.0. The number of hydrogen-bond donors (Lipinski definition) is 2. The normalized spacial score (nSPS) is 10.4. The van der Waals surface area contributed by atoms with Gasteiger partial charge in [0.15, 0.2) is 0 Å². The van der Waals surface area contributed by atoms with Crippen LogP contribution in [0.4, 0.5) is 14.5 Å². The van der Waals surface area contributed by atoms with Crippen LogP contribution in [0, 0.1) is 18.6 Å². The maximum Gasteiger partial charge on any atom is 0.251 e. The number of anilines is 1. The van der Waals surface area contributed by atoms with E-state index in [-0.39, 0.29) is 5.91 Å². The molecule has 0 unspecified atom stereocenters. The molecule has 1 amide bonds. The van der Waals surface area contributed by atoms with Crippen molar-refractivity contribution in [2.45, 2.75) is 13.3 Å². The number of nitrogens with one attached hydrogen (secondary N) is 1. The number of aryl methyl sites for hydroxylation is 1. The number of rotatable bonds is 4. The third-order valence-corrected chi connectivity index (χ3v) is 3.15. The van der Waals surface area contributed by atoms with Gasteiger partial charge in [0.2, 0.25) is 0 Å². The Labute approximate surface area is 121 Å². The molecule has 0 aromatic heterocycles. The first-order valence-corrected chi connectivity index (χ1v) is 6.55. The van der Waals surface area contributed by atoms with Crippen molar-refractivity contribution in [3.8, 4) is 0 Å². The molecule has 0 heterocycles. The average molecular weight is 290 g/mol. The molecule has 0 spiro atoms. The zero-order valence-corrected chi connectivity index (χ0v) is 11.6. The highest BCUT2D eigenvalue weighted by atomic mass is 19.1. The van der Waals surface area contributed by atoms with Crippen molar-refractivity contribution in [2.24, 2.45) is 0 Å². The van der Waals surface area contributed by atoms with Crippen LogP contribution in [0.1, 0.15) is 21.5 Å². The smallest absolute Gasteiger partial charge is 0.251 e. The highest BCUT2D eigenvalue weighted by Crippen LogP contribution is 2.12. The molecule has 2 rings (SSSR count). The molecule has 3 N–H and O–H groups in total. The molecular formula is C16H16F2N2O.